The molecule has 0 unspecified atom stereocenters. The molecule has 0 aromatic carbocycles. The number of aliphatic carboxylic acids is 2. The van der Waals surface area contributed by atoms with E-state index in [1.165, 1.54) is 25.7 Å². The molecule has 0 aromatic rings. The van der Waals surface area contributed by atoms with Crippen molar-refractivity contribution in [2.45, 2.75) is 144 Å². The van der Waals surface area contributed by atoms with Crippen molar-refractivity contribution in [1.29, 1.82) is 0 Å². The van der Waals surface area contributed by atoms with Gasteiger partial charge in [-0.3, -0.25) is 19.2 Å². The number of ether oxygens (including phenoxy) is 2. The third-order valence-corrected chi connectivity index (χ3v) is 12.6. The minimum Gasteiger partial charge on any atom is -0.481 e. The highest BCUT2D eigenvalue weighted by Gasteiger charge is 2.67. The molecule has 0 bridgehead atoms. The minimum absolute atomic E-state index is 0.120. The summed E-state index contributed by atoms with van der Waals surface area (Å²) in [5.74, 6) is -0.377. The third-order valence-electron chi connectivity index (χ3n) is 12.6. The number of hydrogen-bond acceptors (Lipinski definition) is 6. The highest BCUT2D eigenvalue weighted by atomic mass is 16.5. The van der Waals surface area contributed by atoms with E-state index in [-0.39, 0.29) is 54.0 Å². The van der Waals surface area contributed by atoms with Gasteiger partial charge in [0.25, 0.3) is 0 Å². The van der Waals surface area contributed by atoms with Gasteiger partial charge in [0.1, 0.15) is 12.2 Å². The Kier molecular flexibility index (Phi) is 10.6. The van der Waals surface area contributed by atoms with E-state index in [9.17, 15) is 24.3 Å². The summed E-state index contributed by atoms with van der Waals surface area (Å²) in [6, 6.07) is 0. The van der Waals surface area contributed by atoms with Crippen molar-refractivity contribution in [2.24, 2.45) is 45.8 Å². The molecule has 0 aromatic heterocycles. The Balaban J connectivity index is 1.63. The van der Waals surface area contributed by atoms with Crippen LogP contribution in [0.3, 0.4) is 0 Å². The SMILES string of the molecule is CC(C)CCC[C@@H](C)[C@H]1CC[C@@H]2[C@]1(C)CC[C@H]1[C@@]2(C)[C@@H](OC(=O)CCC(=O)O)C=C2C[C@@H](OC(=O)CCC(=O)O)CC[C@@]21C. The number of rotatable bonds is 13. The first kappa shape index (κ1) is 34.5. The van der Waals surface area contributed by atoms with Crippen LogP contribution in [0.25, 0.3) is 0 Å². The zero-order valence-electron chi connectivity index (χ0n) is 27.9. The third kappa shape index (κ3) is 6.89. The number of carbonyl (C=O) groups excluding carboxylic acids is 2. The fourth-order valence-electron chi connectivity index (χ4n) is 10.4. The average Bonchev–Trinajstić information content (AvgIpc) is 3.30. The van der Waals surface area contributed by atoms with Gasteiger partial charge in [-0.1, -0.05) is 66.4 Å². The normalized spacial score (nSPS) is 36.8. The van der Waals surface area contributed by atoms with Gasteiger partial charge in [-0.15, -0.1) is 0 Å². The van der Waals surface area contributed by atoms with Crippen molar-refractivity contribution in [3.05, 3.63) is 11.6 Å². The van der Waals surface area contributed by atoms with E-state index in [0.717, 1.165) is 37.7 Å². The zero-order chi connectivity index (χ0) is 32.4. The van der Waals surface area contributed by atoms with E-state index < -0.39 is 30.0 Å². The van der Waals surface area contributed by atoms with Crippen LogP contribution in [-0.4, -0.2) is 46.3 Å². The second-order valence-electron chi connectivity index (χ2n) is 15.7. The monoisotopic (exact) mass is 616 g/mol. The maximum absolute atomic E-state index is 13.1. The molecule has 44 heavy (non-hydrogen) atoms. The summed E-state index contributed by atoms with van der Waals surface area (Å²) in [5, 5.41) is 18.2. The predicted molar refractivity (Wildman–Crippen MR) is 167 cm³/mol. The summed E-state index contributed by atoms with van der Waals surface area (Å²) < 4.78 is 12.0. The molecule has 4 aliphatic rings. The standard InChI is InChI=1S/C36H56O8/c1-22(2)8-7-9-23(3)26-10-11-27-35(26,5)19-17-28-34(4)18-16-25(43-32(41)14-12-30(37)38)20-24(34)21-29(36(27,28)6)44-33(42)15-13-31(39)40/h21-23,25-29H,7-20H2,1-6H3,(H,37,38)(H,39,40)/t23-,25+,26-,27-,28-,29+,34+,35-,36+/m1/s1. The average molecular weight is 617 g/mol. The second-order valence-corrected chi connectivity index (χ2v) is 15.7. The van der Waals surface area contributed by atoms with E-state index in [1.807, 2.05) is 0 Å². The largest absolute Gasteiger partial charge is 0.481 e. The summed E-state index contributed by atoms with van der Waals surface area (Å²) >= 11 is 0. The lowest BCUT2D eigenvalue weighted by molar-refractivity contribution is -0.187. The summed E-state index contributed by atoms with van der Waals surface area (Å²) in [5.41, 5.74) is 0.887. The fraction of sp³-hybridized carbons (Fsp3) is 0.833. The van der Waals surface area contributed by atoms with Crippen molar-refractivity contribution < 1.29 is 38.9 Å². The molecule has 8 heteroatoms. The van der Waals surface area contributed by atoms with Crippen molar-refractivity contribution in [2.75, 3.05) is 0 Å². The van der Waals surface area contributed by atoms with Crippen molar-refractivity contribution >= 4 is 23.9 Å². The maximum atomic E-state index is 13.1. The van der Waals surface area contributed by atoms with E-state index in [1.54, 1.807) is 0 Å². The van der Waals surface area contributed by atoms with Crippen LogP contribution in [0.5, 0.6) is 0 Å². The Labute approximate surface area is 263 Å². The van der Waals surface area contributed by atoms with Crippen molar-refractivity contribution in [3.8, 4) is 0 Å². The highest BCUT2D eigenvalue weighted by molar-refractivity contribution is 5.77. The van der Waals surface area contributed by atoms with Crippen molar-refractivity contribution in [1.82, 2.24) is 0 Å². The molecule has 0 heterocycles. The molecule has 0 radical (unpaired) electrons. The molecule has 4 aliphatic carbocycles. The van der Waals surface area contributed by atoms with Crippen LogP contribution in [0.1, 0.15) is 131 Å². The summed E-state index contributed by atoms with van der Waals surface area (Å²) in [6.07, 6.45) is 10.9. The predicted octanol–water partition coefficient (Wildman–Crippen LogP) is 7.58. The molecule has 0 saturated heterocycles. The van der Waals surface area contributed by atoms with Crippen LogP contribution in [0, 0.1) is 45.8 Å². The lowest BCUT2D eigenvalue weighted by atomic mass is 9.40. The molecule has 2 N–H and O–H groups in total. The van der Waals surface area contributed by atoms with Gasteiger partial charge >= 0.3 is 23.9 Å². The maximum Gasteiger partial charge on any atom is 0.306 e. The van der Waals surface area contributed by atoms with Crippen LogP contribution >= 0.6 is 0 Å². The molecule has 9 atom stereocenters. The van der Waals surface area contributed by atoms with Crippen LogP contribution in [0.15, 0.2) is 11.6 Å². The van der Waals surface area contributed by atoms with Gasteiger partial charge in [-0.2, -0.15) is 0 Å². The zero-order valence-corrected chi connectivity index (χ0v) is 27.9. The Morgan fingerprint density at radius 1 is 0.818 bits per heavy atom. The second kappa shape index (κ2) is 13.5. The highest BCUT2D eigenvalue weighted by Crippen LogP contribution is 2.72. The Bertz CT molecular complexity index is 1130. The number of carbonyl (C=O) groups is 4. The molecule has 248 valence electrons. The topological polar surface area (TPSA) is 127 Å². The molecule has 4 rings (SSSR count). The van der Waals surface area contributed by atoms with Gasteiger partial charge in [0.2, 0.25) is 0 Å². The fourth-order valence-corrected chi connectivity index (χ4v) is 10.4. The molecule has 8 nitrogen and oxygen atoms in total. The lowest BCUT2D eigenvalue weighted by Gasteiger charge is -2.65. The number of carboxylic acid groups (broad SMARTS) is 2. The summed E-state index contributed by atoms with van der Waals surface area (Å²) in [6.45, 7) is 14.2. The summed E-state index contributed by atoms with van der Waals surface area (Å²) in [4.78, 5) is 47.7. The molecule has 0 aliphatic heterocycles. The number of carboxylic acids is 2. The molecule has 0 amide bonds. The molecular formula is C36H56O8. The first-order valence-corrected chi connectivity index (χ1v) is 17.1. The first-order chi connectivity index (χ1) is 20.6. The van der Waals surface area contributed by atoms with E-state index in [0.29, 0.717) is 30.1 Å². The van der Waals surface area contributed by atoms with Gasteiger partial charge in [0.15, 0.2) is 0 Å². The molecule has 0 spiro atoms. The Hall–Kier alpha value is -2.38. The van der Waals surface area contributed by atoms with Gasteiger partial charge in [0.05, 0.1) is 25.7 Å². The van der Waals surface area contributed by atoms with E-state index >= 15 is 0 Å². The van der Waals surface area contributed by atoms with Gasteiger partial charge in [-0.25, -0.2) is 0 Å². The summed E-state index contributed by atoms with van der Waals surface area (Å²) in [7, 11) is 0. The number of fused-ring (bicyclic) bond motifs is 5. The van der Waals surface area contributed by atoms with Crippen LogP contribution < -0.4 is 0 Å². The lowest BCUT2D eigenvalue weighted by Crippen LogP contribution is -2.62. The number of hydrogen-bond donors (Lipinski definition) is 2. The Morgan fingerprint density at radius 2 is 1.45 bits per heavy atom. The quantitative estimate of drug-likeness (QED) is 0.160. The molecular weight excluding hydrogens is 560 g/mol. The minimum atomic E-state index is -1.02. The Morgan fingerprint density at radius 3 is 2.07 bits per heavy atom. The first-order valence-electron chi connectivity index (χ1n) is 17.1. The smallest absolute Gasteiger partial charge is 0.306 e. The van der Waals surface area contributed by atoms with Crippen LogP contribution in [-0.2, 0) is 28.7 Å². The van der Waals surface area contributed by atoms with E-state index in [4.69, 9.17) is 14.6 Å². The van der Waals surface area contributed by atoms with Crippen LogP contribution in [0.4, 0.5) is 0 Å². The van der Waals surface area contributed by atoms with E-state index in [2.05, 4.69) is 47.6 Å². The van der Waals surface area contributed by atoms with Crippen LogP contribution in [0.2, 0.25) is 0 Å². The van der Waals surface area contributed by atoms with Crippen molar-refractivity contribution in [3.63, 3.8) is 0 Å². The van der Waals surface area contributed by atoms with Gasteiger partial charge in [0, 0.05) is 11.8 Å². The molecule has 3 fully saturated rings. The van der Waals surface area contributed by atoms with Gasteiger partial charge in [-0.05, 0) is 85.0 Å². The molecule has 3 saturated carbocycles. The van der Waals surface area contributed by atoms with Gasteiger partial charge < -0.3 is 19.7 Å². The number of esters is 2.